The number of aliphatic hydroxyl groups excluding tert-OH is 1. The van der Waals surface area contributed by atoms with Gasteiger partial charge in [0.05, 0.1) is 12.2 Å². The molecule has 0 saturated carbocycles. The summed E-state index contributed by atoms with van der Waals surface area (Å²) in [5, 5.41) is 12.1. The van der Waals surface area contributed by atoms with Crippen LogP contribution < -0.4 is 5.32 Å². The topological polar surface area (TPSA) is 61.8 Å². The number of ether oxygens (including phenoxy) is 1. The van der Waals surface area contributed by atoms with Crippen LogP contribution in [0.3, 0.4) is 0 Å². The van der Waals surface area contributed by atoms with Gasteiger partial charge in [-0.05, 0) is 32.1 Å². The molecule has 0 aromatic heterocycles. The third-order valence-electron chi connectivity index (χ3n) is 3.44. The molecule has 112 valence electrons. The van der Waals surface area contributed by atoms with Crippen LogP contribution in [0, 0.1) is 5.41 Å². The molecule has 1 aliphatic rings. The maximum absolute atomic E-state index is 12.0. The van der Waals surface area contributed by atoms with Crippen molar-refractivity contribution >= 4 is 6.03 Å². The first-order valence-corrected chi connectivity index (χ1v) is 7.13. The van der Waals surface area contributed by atoms with Crippen LogP contribution in [-0.4, -0.2) is 54.5 Å². The van der Waals surface area contributed by atoms with Gasteiger partial charge in [-0.3, -0.25) is 0 Å². The summed E-state index contributed by atoms with van der Waals surface area (Å²) in [6.07, 6.45) is 1.99. The summed E-state index contributed by atoms with van der Waals surface area (Å²) in [6.45, 7) is 10.2. The molecule has 1 rings (SSSR count). The van der Waals surface area contributed by atoms with Crippen molar-refractivity contribution < 1.29 is 14.6 Å². The van der Waals surface area contributed by atoms with Gasteiger partial charge in [0.2, 0.25) is 0 Å². The highest BCUT2D eigenvalue weighted by atomic mass is 16.5. The molecule has 19 heavy (non-hydrogen) atoms. The first kappa shape index (κ1) is 16.2. The van der Waals surface area contributed by atoms with Crippen LogP contribution in [0.2, 0.25) is 0 Å². The summed E-state index contributed by atoms with van der Waals surface area (Å²) in [6, 6.07) is -0.0104. The van der Waals surface area contributed by atoms with Crippen molar-refractivity contribution in [2.24, 2.45) is 5.41 Å². The Labute approximate surface area is 116 Å². The van der Waals surface area contributed by atoms with E-state index in [1.54, 1.807) is 0 Å². The van der Waals surface area contributed by atoms with Crippen LogP contribution in [0.1, 0.15) is 40.5 Å². The summed E-state index contributed by atoms with van der Waals surface area (Å²) in [7, 11) is 0. The van der Waals surface area contributed by atoms with Crippen molar-refractivity contribution in [3.05, 3.63) is 0 Å². The molecule has 0 aromatic rings. The minimum absolute atomic E-state index is 0.0104. The lowest BCUT2D eigenvalue weighted by Gasteiger charge is -2.35. The molecular formula is C14H28N2O3. The van der Waals surface area contributed by atoms with Crippen molar-refractivity contribution in [2.75, 3.05) is 26.2 Å². The van der Waals surface area contributed by atoms with Crippen LogP contribution in [0.15, 0.2) is 0 Å². The number of nitrogens with zero attached hydrogens (tertiary/aromatic N) is 1. The molecule has 1 fully saturated rings. The summed E-state index contributed by atoms with van der Waals surface area (Å²) in [5.74, 6) is 0. The Morgan fingerprint density at radius 1 is 1.37 bits per heavy atom. The first-order valence-electron chi connectivity index (χ1n) is 7.13. The van der Waals surface area contributed by atoms with E-state index in [0.717, 1.165) is 12.8 Å². The van der Waals surface area contributed by atoms with Crippen LogP contribution in [-0.2, 0) is 4.74 Å². The van der Waals surface area contributed by atoms with Gasteiger partial charge in [0.25, 0.3) is 0 Å². The van der Waals surface area contributed by atoms with E-state index in [9.17, 15) is 4.79 Å². The maximum Gasteiger partial charge on any atom is 0.317 e. The molecule has 2 unspecified atom stereocenters. The fourth-order valence-corrected chi connectivity index (χ4v) is 2.30. The third kappa shape index (κ3) is 5.78. The van der Waals surface area contributed by atoms with Crippen LogP contribution in [0.25, 0.3) is 0 Å². The number of morpholine rings is 1. The molecule has 1 aliphatic heterocycles. The van der Waals surface area contributed by atoms with Gasteiger partial charge in [-0.15, -0.1) is 0 Å². The monoisotopic (exact) mass is 272 g/mol. The average Bonchev–Trinajstić information content (AvgIpc) is 2.33. The highest BCUT2D eigenvalue weighted by molar-refractivity contribution is 5.74. The Morgan fingerprint density at radius 2 is 1.95 bits per heavy atom. The molecule has 5 nitrogen and oxygen atoms in total. The Balaban J connectivity index is 2.24. The van der Waals surface area contributed by atoms with E-state index >= 15 is 0 Å². The second-order valence-corrected chi connectivity index (χ2v) is 6.32. The number of carbonyl (C=O) groups is 1. The van der Waals surface area contributed by atoms with Crippen molar-refractivity contribution in [1.29, 1.82) is 0 Å². The van der Waals surface area contributed by atoms with Crippen molar-refractivity contribution in [1.82, 2.24) is 10.2 Å². The van der Waals surface area contributed by atoms with Gasteiger partial charge in [0.15, 0.2) is 0 Å². The second-order valence-electron chi connectivity index (χ2n) is 6.32. The highest BCUT2D eigenvalue weighted by Gasteiger charge is 2.25. The van der Waals surface area contributed by atoms with Gasteiger partial charge in [0, 0.05) is 26.2 Å². The Kier molecular flexibility index (Phi) is 6.07. The van der Waals surface area contributed by atoms with E-state index in [2.05, 4.69) is 5.32 Å². The SMILES string of the molecule is CC1CN(C(=O)NCCCC(C)(C)CO)CC(C)O1. The quantitative estimate of drug-likeness (QED) is 0.747. The predicted octanol–water partition coefficient (Wildman–Crippen LogP) is 1.60. The number of urea groups is 1. The number of nitrogens with one attached hydrogen (secondary N) is 1. The van der Waals surface area contributed by atoms with Crippen molar-refractivity contribution in [2.45, 2.75) is 52.7 Å². The average molecular weight is 272 g/mol. The van der Waals surface area contributed by atoms with Crippen molar-refractivity contribution in [3.63, 3.8) is 0 Å². The molecule has 2 atom stereocenters. The molecule has 0 spiro atoms. The van der Waals surface area contributed by atoms with Crippen molar-refractivity contribution in [3.8, 4) is 0 Å². The largest absolute Gasteiger partial charge is 0.396 e. The number of hydrogen-bond acceptors (Lipinski definition) is 3. The zero-order valence-electron chi connectivity index (χ0n) is 12.6. The summed E-state index contributed by atoms with van der Waals surface area (Å²) >= 11 is 0. The lowest BCUT2D eigenvalue weighted by Crippen LogP contribution is -2.51. The van der Waals surface area contributed by atoms with Gasteiger partial charge in [-0.1, -0.05) is 13.8 Å². The predicted molar refractivity (Wildman–Crippen MR) is 75.1 cm³/mol. The normalized spacial score (nSPS) is 24.4. The van der Waals surface area contributed by atoms with Gasteiger partial charge < -0.3 is 20.1 Å². The minimum Gasteiger partial charge on any atom is -0.396 e. The van der Waals surface area contributed by atoms with E-state index in [-0.39, 0.29) is 30.3 Å². The maximum atomic E-state index is 12.0. The van der Waals surface area contributed by atoms with E-state index in [1.807, 2.05) is 32.6 Å². The fraction of sp³-hybridized carbons (Fsp3) is 0.929. The fourth-order valence-electron chi connectivity index (χ4n) is 2.30. The second kappa shape index (κ2) is 7.10. The Morgan fingerprint density at radius 3 is 2.47 bits per heavy atom. The van der Waals surface area contributed by atoms with Gasteiger partial charge in [-0.2, -0.15) is 0 Å². The molecule has 2 amide bonds. The standard InChI is InChI=1S/C14H28N2O3/c1-11-8-16(9-12(2)19-11)13(18)15-7-5-6-14(3,4)10-17/h11-12,17H,5-10H2,1-4H3,(H,15,18). The van der Waals surface area contributed by atoms with E-state index in [0.29, 0.717) is 19.6 Å². The molecule has 1 saturated heterocycles. The van der Waals surface area contributed by atoms with E-state index < -0.39 is 0 Å². The van der Waals surface area contributed by atoms with Crippen LogP contribution >= 0.6 is 0 Å². The van der Waals surface area contributed by atoms with Gasteiger partial charge in [-0.25, -0.2) is 4.79 Å². The molecule has 2 N–H and O–H groups in total. The minimum atomic E-state index is -0.0628. The number of rotatable bonds is 5. The smallest absolute Gasteiger partial charge is 0.317 e. The van der Waals surface area contributed by atoms with Crippen LogP contribution in [0.5, 0.6) is 0 Å². The molecule has 0 aliphatic carbocycles. The third-order valence-corrected chi connectivity index (χ3v) is 3.44. The highest BCUT2D eigenvalue weighted by Crippen LogP contribution is 2.20. The van der Waals surface area contributed by atoms with E-state index in [1.165, 1.54) is 0 Å². The molecule has 1 heterocycles. The van der Waals surface area contributed by atoms with Crippen LogP contribution in [0.4, 0.5) is 4.79 Å². The number of aliphatic hydroxyl groups is 1. The summed E-state index contributed by atoms with van der Waals surface area (Å²) in [5.41, 5.74) is -0.0628. The van der Waals surface area contributed by atoms with Gasteiger partial charge >= 0.3 is 6.03 Å². The number of carbonyl (C=O) groups excluding carboxylic acids is 1. The molecule has 0 bridgehead atoms. The zero-order valence-corrected chi connectivity index (χ0v) is 12.6. The molecule has 5 heteroatoms. The lowest BCUT2D eigenvalue weighted by atomic mass is 9.89. The Bertz CT molecular complexity index is 284. The molecule has 0 radical (unpaired) electrons. The zero-order chi connectivity index (χ0) is 14.5. The molecule has 0 aromatic carbocycles. The molecular weight excluding hydrogens is 244 g/mol. The lowest BCUT2D eigenvalue weighted by molar-refractivity contribution is -0.0545. The Hall–Kier alpha value is -0.810. The summed E-state index contributed by atoms with van der Waals surface area (Å²) in [4.78, 5) is 13.8. The first-order chi connectivity index (χ1) is 8.84. The number of hydrogen-bond donors (Lipinski definition) is 2. The van der Waals surface area contributed by atoms with Gasteiger partial charge in [0.1, 0.15) is 0 Å². The number of amides is 2. The van der Waals surface area contributed by atoms with E-state index in [4.69, 9.17) is 9.84 Å². The summed E-state index contributed by atoms with van der Waals surface area (Å²) < 4.78 is 5.60.